The third kappa shape index (κ3) is 3.22. The van der Waals surface area contributed by atoms with Gasteiger partial charge < -0.3 is 14.3 Å². The molecule has 2 aromatic heterocycles. The standard InChI is InChI=1S/C20H15N3O4/c1-11-9-14(18-21-12(2)27-23-18)7-8-16(11)22-19(24)15-10-13-5-3-4-6-17(13)26-20(15)25/h3-10H,1-2H3,(H,22,24). The van der Waals surface area contributed by atoms with Crippen molar-refractivity contribution in [3.63, 3.8) is 0 Å². The summed E-state index contributed by atoms with van der Waals surface area (Å²) in [6.45, 7) is 3.56. The SMILES string of the molecule is Cc1nc(-c2ccc(NC(=O)c3cc4ccccc4oc3=O)c(C)c2)no1. The number of benzene rings is 2. The fourth-order valence-electron chi connectivity index (χ4n) is 2.77. The van der Waals surface area contributed by atoms with Crippen molar-refractivity contribution in [1.82, 2.24) is 10.1 Å². The maximum absolute atomic E-state index is 12.6. The Hall–Kier alpha value is -3.74. The normalized spacial score (nSPS) is 10.9. The second kappa shape index (κ2) is 6.53. The van der Waals surface area contributed by atoms with Crippen molar-refractivity contribution in [3.8, 4) is 11.4 Å². The largest absolute Gasteiger partial charge is 0.422 e. The van der Waals surface area contributed by atoms with Crippen LogP contribution in [-0.4, -0.2) is 16.0 Å². The molecule has 0 bridgehead atoms. The molecule has 2 heterocycles. The number of carbonyl (C=O) groups is 1. The van der Waals surface area contributed by atoms with E-state index < -0.39 is 11.5 Å². The molecule has 0 aliphatic carbocycles. The second-order valence-corrected chi connectivity index (χ2v) is 6.11. The van der Waals surface area contributed by atoms with Crippen LogP contribution in [0.3, 0.4) is 0 Å². The van der Waals surface area contributed by atoms with Crippen LogP contribution in [0.5, 0.6) is 0 Å². The number of rotatable bonds is 3. The van der Waals surface area contributed by atoms with Crippen LogP contribution in [0.4, 0.5) is 5.69 Å². The van der Waals surface area contributed by atoms with Gasteiger partial charge in [0, 0.05) is 23.6 Å². The predicted molar refractivity (Wildman–Crippen MR) is 99.6 cm³/mol. The molecule has 0 saturated carbocycles. The van der Waals surface area contributed by atoms with E-state index in [1.165, 1.54) is 6.07 Å². The Balaban J connectivity index is 1.63. The van der Waals surface area contributed by atoms with Crippen molar-refractivity contribution < 1.29 is 13.7 Å². The van der Waals surface area contributed by atoms with Crippen molar-refractivity contribution in [2.45, 2.75) is 13.8 Å². The Morgan fingerprint density at radius 2 is 1.89 bits per heavy atom. The minimum atomic E-state index is -0.678. The average molecular weight is 361 g/mol. The van der Waals surface area contributed by atoms with E-state index in [-0.39, 0.29) is 5.56 Å². The number of nitrogens with one attached hydrogen (secondary N) is 1. The fourth-order valence-corrected chi connectivity index (χ4v) is 2.77. The summed E-state index contributed by atoms with van der Waals surface area (Å²) < 4.78 is 10.2. The number of carbonyl (C=O) groups excluding carboxylic acids is 1. The van der Waals surface area contributed by atoms with Crippen LogP contribution in [0.25, 0.3) is 22.4 Å². The topological polar surface area (TPSA) is 98.2 Å². The van der Waals surface area contributed by atoms with Crippen molar-refractivity contribution in [2.24, 2.45) is 0 Å². The van der Waals surface area contributed by atoms with Crippen LogP contribution in [0.15, 0.2) is 62.3 Å². The van der Waals surface area contributed by atoms with Gasteiger partial charge in [0.25, 0.3) is 5.91 Å². The summed E-state index contributed by atoms with van der Waals surface area (Å²) in [5.74, 6) is 0.424. The Morgan fingerprint density at radius 1 is 1.07 bits per heavy atom. The molecule has 7 heteroatoms. The highest BCUT2D eigenvalue weighted by Crippen LogP contribution is 2.23. The van der Waals surface area contributed by atoms with E-state index in [0.29, 0.717) is 28.4 Å². The van der Waals surface area contributed by atoms with E-state index in [9.17, 15) is 9.59 Å². The lowest BCUT2D eigenvalue weighted by molar-refractivity contribution is 0.102. The quantitative estimate of drug-likeness (QED) is 0.559. The lowest BCUT2D eigenvalue weighted by Crippen LogP contribution is -2.21. The summed E-state index contributed by atoms with van der Waals surface area (Å²) >= 11 is 0. The van der Waals surface area contributed by atoms with Gasteiger partial charge in [0.05, 0.1) is 0 Å². The summed E-state index contributed by atoms with van der Waals surface area (Å²) in [4.78, 5) is 28.9. The molecule has 1 N–H and O–H groups in total. The molecule has 4 aromatic rings. The van der Waals surface area contributed by atoms with Crippen LogP contribution < -0.4 is 10.9 Å². The molecule has 0 spiro atoms. The molecule has 0 radical (unpaired) electrons. The molecular weight excluding hydrogens is 346 g/mol. The van der Waals surface area contributed by atoms with Gasteiger partial charge in [0.15, 0.2) is 0 Å². The van der Waals surface area contributed by atoms with Crippen molar-refractivity contribution in [3.05, 3.63) is 76.0 Å². The van der Waals surface area contributed by atoms with Crippen molar-refractivity contribution >= 4 is 22.6 Å². The lowest BCUT2D eigenvalue weighted by atomic mass is 10.1. The van der Waals surface area contributed by atoms with E-state index >= 15 is 0 Å². The summed E-state index contributed by atoms with van der Waals surface area (Å²) in [5.41, 5.74) is 1.86. The molecule has 0 unspecified atom stereocenters. The molecule has 0 fully saturated rings. The maximum Gasteiger partial charge on any atom is 0.349 e. The van der Waals surface area contributed by atoms with Gasteiger partial charge in [0.2, 0.25) is 11.7 Å². The Morgan fingerprint density at radius 3 is 2.63 bits per heavy atom. The second-order valence-electron chi connectivity index (χ2n) is 6.11. The molecule has 0 atom stereocenters. The molecule has 1 amide bonds. The first-order chi connectivity index (χ1) is 13.0. The summed E-state index contributed by atoms with van der Waals surface area (Å²) in [6.07, 6.45) is 0. The number of nitrogens with zero attached hydrogens (tertiary/aromatic N) is 2. The van der Waals surface area contributed by atoms with E-state index in [0.717, 1.165) is 11.1 Å². The molecule has 4 rings (SSSR count). The smallest absolute Gasteiger partial charge is 0.349 e. The van der Waals surface area contributed by atoms with Crippen molar-refractivity contribution in [1.29, 1.82) is 0 Å². The highest BCUT2D eigenvalue weighted by Gasteiger charge is 2.15. The van der Waals surface area contributed by atoms with Gasteiger partial charge >= 0.3 is 5.63 Å². The number of para-hydroxylation sites is 1. The van der Waals surface area contributed by atoms with Crippen LogP contribution in [0.1, 0.15) is 21.8 Å². The molecule has 2 aromatic carbocycles. The maximum atomic E-state index is 12.6. The molecule has 27 heavy (non-hydrogen) atoms. The van der Waals surface area contributed by atoms with Gasteiger partial charge in [-0.2, -0.15) is 4.98 Å². The summed E-state index contributed by atoms with van der Waals surface area (Å²) in [5, 5.41) is 7.31. The van der Waals surface area contributed by atoms with E-state index in [4.69, 9.17) is 8.94 Å². The summed E-state index contributed by atoms with van der Waals surface area (Å²) in [6, 6.07) is 13.9. The van der Waals surface area contributed by atoms with Gasteiger partial charge in [0.1, 0.15) is 11.1 Å². The van der Waals surface area contributed by atoms with E-state index in [2.05, 4.69) is 15.5 Å². The number of aromatic nitrogens is 2. The van der Waals surface area contributed by atoms with Crippen LogP contribution in [0.2, 0.25) is 0 Å². The van der Waals surface area contributed by atoms with Crippen LogP contribution >= 0.6 is 0 Å². The van der Waals surface area contributed by atoms with Crippen molar-refractivity contribution in [2.75, 3.05) is 5.32 Å². The zero-order chi connectivity index (χ0) is 19.0. The molecule has 7 nitrogen and oxygen atoms in total. The molecular formula is C20H15N3O4. The Bertz CT molecular complexity index is 1220. The first kappa shape index (κ1) is 16.7. The minimum absolute atomic E-state index is 0.0500. The number of anilines is 1. The number of hydrogen-bond donors (Lipinski definition) is 1. The Labute approximate surface area is 153 Å². The number of hydrogen-bond acceptors (Lipinski definition) is 6. The first-order valence-electron chi connectivity index (χ1n) is 8.27. The van der Waals surface area contributed by atoms with E-state index in [1.54, 1.807) is 37.3 Å². The van der Waals surface area contributed by atoms with Gasteiger partial charge in [-0.25, -0.2) is 4.79 Å². The number of amides is 1. The predicted octanol–water partition coefficient (Wildman–Crippen LogP) is 3.71. The zero-order valence-corrected chi connectivity index (χ0v) is 14.6. The highest BCUT2D eigenvalue weighted by atomic mass is 16.5. The summed E-state index contributed by atoms with van der Waals surface area (Å²) in [7, 11) is 0. The minimum Gasteiger partial charge on any atom is -0.422 e. The van der Waals surface area contributed by atoms with Gasteiger partial charge in [-0.1, -0.05) is 23.4 Å². The third-order valence-electron chi connectivity index (χ3n) is 4.15. The lowest BCUT2D eigenvalue weighted by Gasteiger charge is -2.09. The molecule has 0 aliphatic heterocycles. The van der Waals surface area contributed by atoms with E-state index in [1.807, 2.05) is 19.1 Å². The van der Waals surface area contributed by atoms with Gasteiger partial charge in [-0.3, -0.25) is 4.79 Å². The monoisotopic (exact) mass is 361 g/mol. The van der Waals surface area contributed by atoms with Gasteiger partial charge in [-0.15, -0.1) is 0 Å². The highest BCUT2D eigenvalue weighted by molar-refractivity contribution is 6.05. The van der Waals surface area contributed by atoms with Crippen LogP contribution in [-0.2, 0) is 0 Å². The fraction of sp³-hybridized carbons (Fsp3) is 0.100. The van der Waals surface area contributed by atoms with Crippen LogP contribution in [0, 0.1) is 13.8 Å². The Kier molecular flexibility index (Phi) is 4.04. The molecule has 0 aliphatic rings. The average Bonchev–Trinajstić information content (AvgIpc) is 3.09. The third-order valence-corrected chi connectivity index (χ3v) is 4.15. The van der Waals surface area contributed by atoms with Gasteiger partial charge in [-0.05, 0) is 42.8 Å². The first-order valence-corrected chi connectivity index (χ1v) is 8.27. The molecule has 0 saturated heterocycles. The molecule has 134 valence electrons. The number of fused-ring (bicyclic) bond motifs is 1. The zero-order valence-electron chi connectivity index (χ0n) is 14.6. The number of aryl methyl sites for hydroxylation is 2.